The lowest BCUT2D eigenvalue weighted by atomic mass is 9.74. The van der Waals surface area contributed by atoms with E-state index in [2.05, 4.69) is 28.2 Å². The zero-order chi connectivity index (χ0) is 30.1. The fourth-order valence-electron chi connectivity index (χ4n) is 6.78. The van der Waals surface area contributed by atoms with Crippen molar-refractivity contribution in [3.63, 3.8) is 0 Å². The van der Waals surface area contributed by atoms with Gasteiger partial charge in [-0.25, -0.2) is 0 Å². The van der Waals surface area contributed by atoms with Crippen molar-refractivity contribution in [1.29, 1.82) is 0 Å². The molecule has 228 valence electrons. The summed E-state index contributed by atoms with van der Waals surface area (Å²) >= 11 is 3.56. The van der Waals surface area contributed by atoms with Crippen molar-refractivity contribution < 1.29 is 33.8 Å². The third-order valence-electron chi connectivity index (χ3n) is 9.15. The number of fused-ring (bicyclic) bond motifs is 2. The van der Waals surface area contributed by atoms with Gasteiger partial charge in [-0.1, -0.05) is 61.7 Å². The molecule has 4 rings (SSSR count). The Labute approximate surface area is 251 Å². The molecule has 4 heterocycles. The smallest absolute Gasteiger partial charge is 0.313 e. The fraction of sp³-hybridized carbons (Fsp3) is 0.733. The molecule has 1 spiro atoms. The number of cyclic esters (lactones) is 1. The summed E-state index contributed by atoms with van der Waals surface area (Å²) in [7, 11) is 0. The predicted molar refractivity (Wildman–Crippen MR) is 156 cm³/mol. The first-order chi connectivity index (χ1) is 19.5. The van der Waals surface area contributed by atoms with Crippen molar-refractivity contribution in [3.8, 4) is 0 Å². The Morgan fingerprint density at radius 1 is 1.17 bits per heavy atom. The normalized spacial score (nSPS) is 35.5. The maximum atomic E-state index is 14.7. The number of amides is 3. The molecule has 0 radical (unpaired) electrons. The zero-order valence-electron chi connectivity index (χ0n) is 24.7. The van der Waals surface area contributed by atoms with Gasteiger partial charge in [-0.05, 0) is 38.7 Å². The minimum Gasteiger partial charge on any atom is -0.460 e. The predicted octanol–water partition coefficient (Wildman–Crippen LogP) is 2.68. The lowest BCUT2D eigenvalue weighted by Crippen LogP contribution is -2.60. The number of hydrogen-bond donors (Lipinski definition) is 2. The molecule has 9 atom stereocenters. The highest BCUT2D eigenvalue weighted by molar-refractivity contribution is 9.11. The van der Waals surface area contributed by atoms with Crippen molar-refractivity contribution >= 4 is 39.6 Å². The molecule has 0 aromatic rings. The third-order valence-corrected chi connectivity index (χ3v) is 9.83. The SMILES string of the molecule is CCCC(C)N1C/C=C\CCC(=O)NC[C@@H](C)OC(=O)[C@@H]2[C@H]3O[C@@]4(C=C3Br)[C@H](C1=O)N([C@@H](CO)[C@@H](C)CC)C(=O)[C@@H]24. The number of allylic oxidation sites excluding steroid dienone is 1. The Bertz CT molecular complexity index is 1100. The Morgan fingerprint density at radius 3 is 2.56 bits per heavy atom. The molecule has 0 aromatic carbocycles. The van der Waals surface area contributed by atoms with Crippen molar-refractivity contribution in [3.05, 3.63) is 22.7 Å². The van der Waals surface area contributed by atoms with Crippen LogP contribution in [0.1, 0.15) is 66.7 Å². The van der Waals surface area contributed by atoms with E-state index in [1.165, 1.54) is 4.90 Å². The Balaban J connectivity index is 1.86. The highest BCUT2D eigenvalue weighted by atomic mass is 79.9. The summed E-state index contributed by atoms with van der Waals surface area (Å²) in [6.45, 7) is 9.78. The molecular weight excluding hydrogens is 594 g/mol. The summed E-state index contributed by atoms with van der Waals surface area (Å²) in [4.78, 5) is 58.4. The van der Waals surface area contributed by atoms with Crippen molar-refractivity contribution in [1.82, 2.24) is 15.1 Å². The number of nitrogens with zero attached hydrogens (tertiary/aromatic N) is 2. The van der Waals surface area contributed by atoms with E-state index in [0.29, 0.717) is 23.9 Å². The molecule has 0 aliphatic carbocycles. The summed E-state index contributed by atoms with van der Waals surface area (Å²) in [5.74, 6) is -3.50. The second-order valence-corrected chi connectivity index (χ2v) is 12.8. The Kier molecular flexibility index (Phi) is 10.0. The number of carbonyl (C=O) groups excluding carboxylic acids is 4. The van der Waals surface area contributed by atoms with Gasteiger partial charge in [-0.3, -0.25) is 19.2 Å². The Morgan fingerprint density at radius 2 is 1.90 bits per heavy atom. The van der Waals surface area contributed by atoms with Crippen LogP contribution in [0.3, 0.4) is 0 Å². The van der Waals surface area contributed by atoms with Crippen LogP contribution in [0.15, 0.2) is 22.7 Å². The van der Waals surface area contributed by atoms with Crippen LogP contribution in [0.5, 0.6) is 0 Å². The lowest BCUT2D eigenvalue weighted by Gasteiger charge is -2.41. The Hall–Kier alpha value is -2.24. The van der Waals surface area contributed by atoms with E-state index in [0.717, 1.165) is 12.8 Å². The number of ether oxygens (including phenoxy) is 2. The largest absolute Gasteiger partial charge is 0.460 e. The molecular formula is C30H44BrN3O7. The van der Waals surface area contributed by atoms with E-state index in [9.17, 15) is 24.3 Å². The quantitative estimate of drug-likeness (QED) is 0.325. The molecule has 10 nitrogen and oxygen atoms in total. The molecule has 1 unspecified atom stereocenters. The van der Waals surface area contributed by atoms with Crippen LogP contribution in [-0.2, 0) is 28.7 Å². The molecule has 2 saturated heterocycles. The molecule has 5 bridgehead atoms. The van der Waals surface area contributed by atoms with E-state index < -0.39 is 47.7 Å². The second-order valence-electron chi connectivity index (χ2n) is 11.9. The lowest BCUT2D eigenvalue weighted by molar-refractivity contribution is -0.160. The van der Waals surface area contributed by atoms with Crippen LogP contribution in [0, 0.1) is 17.8 Å². The third kappa shape index (κ3) is 5.73. The molecule has 4 aliphatic heterocycles. The van der Waals surface area contributed by atoms with Gasteiger partial charge in [0.05, 0.1) is 25.1 Å². The minimum absolute atomic E-state index is 0.104. The van der Waals surface area contributed by atoms with Gasteiger partial charge >= 0.3 is 5.97 Å². The monoisotopic (exact) mass is 637 g/mol. The second kappa shape index (κ2) is 13.0. The fourth-order valence-corrected chi connectivity index (χ4v) is 7.52. The first kappa shape index (κ1) is 31.7. The maximum Gasteiger partial charge on any atom is 0.313 e. The van der Waals surface area contributed by atoms with Crippen LogP contribution < -0.4 is 5.32 Å². The highest BCUT2D eigenvalue weighted by Crippen LogP contribution is 2.59. The van der Waals surface area contributed by atoms with Gasteiger partial charge in [0.25, 0.3) is 0 Å². The molecule has 3 amide bonds. The van der Waals surface area contributed by atoms with Crippen LogP contribution in [0.4, 0.5) is 0 Å². The van der Waals surface area contributed by atoms with Crippen LogP contribution in [-0.4, -0.2) is 94.2 Å². The summed E-state index contributed by atoms with van der Waals surface area (Å²) in [6, 6.07) is -1.84. The molecule has 11 heteroatoms. The highest BCUT2D eigenvalue weighted by Gasteiger charge is 2.75. The van der Waals surface area contributed by atoms with E-state index in [1.807, 2.05) is 32.9 Å². The van der Waals surface area contributed by atoms with Crippen LogP contribution >= 0.6 is 15.9 Å². The molecule has 4 aliphatic rings. The van der Waals surface area contributed by atoms with Gasteiger partial charge in [0.15, 0.2) is 0 Å². The average Bonchev–Trinajstić information content (AvgIpc) is 3.52. The van der Waals surface area contributed by atoms with E-state index in [1.54, 1.807) is 17.9 Å². The number of rotatable bonds is 7. The van der Waals surface area contributed by atoms with E-state index in [-0.39, 0.29) is 49.3 Å². The van der Waals surface area contributed by atoms with Gasteiger partial charge < -0.3 is 29.7 Å². The topological polar surface area (TPSA) is 125 Å². The number of nitrogens with one attached hydrogen (secondary N) is 1. The van der Waals surface area contributed by atoms with Gasteiger partial charge in [-0.2, -0.15) is 0 Å². The zero-order valence-corrected chi connectivity index (χ0v) is 26.3. The standard InChI is InChI=1S/C30H44BrN3O7/c1-6-11-18(4)33-13-10-8-9-12-22(36)32-15-19(5)40-29(39)23-24-27(37)34(21(16-35)17(3)7-2)26(28(33)38)30(24)14-20(31)25(23)41-30/h8,10,14,17-19,21,23-26,35H,6-7,9,11-13,15-16H2,1-5H3,(H,32,36)/b10-8-/t17-,18?,19+,21-,23-,24+,25-,26-,30+/m0/s1. The van der Waals surface area contributed by atoms with E-state index >= 15 is 0 Å². The number of esters is 1. The maximum absolute atomic E-state index is 14.7. The number of hydrogen-bond acceptors (Lipinski definition) is 7. The molecule has 0 aromatic heterocycles. The van der Waals surface area contributed by atoms with Gasteiger partial charge in [-0.15, -0.1) is 0 Å². The van der Waals surface area contributed by atoms with Crippen molar-refractivity contribution in [2.45, 2.75) is 103 Å². The summed E-state index contributed by atoms with van der Waals surface area (Å²) in [5.41, 5.74) is -1.39. The number of carbonyl (C=O) groups is 4. The van der Waals surface area contributed by atoms with Gasteiger partial charge in [0.2, 0.25) is 17.7 Å². The summed E-state index contributed by atoms with van der Waals surface area (Å²) in [6.07, 6.45) is 7.23. The van der Waals surface area contributed by atoms with Gasteiger partial charge in [0, 0.05) is 23.5 Å². The number of aliphatic hydroxyl groups is 1. The van der Waals surface area contributed by atoms with E-state index in [4.69, 9.17) is 9.47 Å². The summed E-state index contributed by atoms with van der Waals surface area (Å²) < 4.78 is 12.9. The number of likely N-dealkylation sites (tertiary alicyclic amines) is 1. The number of halogens is 1. The van der Waals surface area contributed by atoms with Gasteiger partial charge in [0.1, 0.15) is 29.8 Å². The minimum atomic E-state index is -1.39. The molecule has 2 N–H and O–H groups in total. The number of aliphatic hydroxyl groups excluding tert-OH is 1. The van der Waals surface area contributed by atoms with Crippen molar-refractivity contribution in [2.24, 2.45) is 17.8 Å². The first-order valence-electron chi connectivity index (χ1n) is 14.9. The first-order valence-corrected chi connectivity index (χ1v) is 15.7. The molecule has 2 fully saturated rings. The van der Waals surface area contributed by atoms with Crippen LogP contribution in [0.2, 0.25) is 0 Å². The summed E-state index contributed by atoms with van der Waals surface area (Å²) in [5, 5.41) is 13.4. The molecule has 0 saturated carbocycles. The molecule has 41 heavy (non-hydrogen) atoms. The van der Waals surface area contributed by atoms with Crippen LogP contribution in [0.25, 0.3) is 0 Å². The van der Waals surface area contributed by atoms with Crippen molar-refractivity contribution in [2.75, 3.05) is 19.7 Å². The average molecular weight is 639 g/mol.